The molecule has 1 saturated carbocycles. The SMILES string of the molecule is COCCNC(=O)C(C)C1CCC2(C)Cc3sc(Nc4cccnc4)nc3C(C)C2C1O. The number of fused-ring (bicyclic) bond motifs is 2. The summed E-state index contributed by atoms with van der Waals surface area (Å²) >= 11 is 1.71. The zero-order valence-electron chi connectivity index (χ0n) is 19.3. The summed E-state index contributed by atoms with van der Waals surface area (Å²) in [4.78, 5) is 23.0. The van der Waals surface area contributed by atoms with Crippen molar-refractivity contribution in [3.8, 4) is 0 Å². The van der Waals surface area contributed by atoms with Crippen molar-refractivity contribution in [3.63, 3.8) is 0 Å². The van der Waals surface area contributed by atoms with E-state index < -0.39 is 6.10 Å². The largest absolute Gasteiger partial charge is 0.392 e. The molecule has 4 rings (SSSR count). The van der Waals surface area contributed by atoms with Gasteiger partial charge in [-0.05, 0) is 48.6 Å². The zero-order valence-corrected chi connectivity index (χ0v) is 20.1. The van der Waals surface area contributed by atoms with Crippen molar-refractivity contribution < 1.29 is 14.6 Å². The average Bonchev–Trinajstić information content (AvgIpc) is 3.16. The molecule has 3 N–H and O–H groups in total. The monoisotopic (exact) mass is 458 g/mol. The number of hydrogen-bond donors (Lipinski definition) is 3. The second-order valence-electron chi connectivity index (χ2n) is 9.61. The number of aliphatic hydroxyl groups excluding tert-OH is 1. The van der Waals surface area contributed by atoms with E-state index in [1.165, 1.54) is 4.88 Å². The lowest BCUT2D eigenvalue weighted by Gasteiger charge is -2.53. The summed E-state index contributed by atoms with van der Waals surface area (Å²) in [6.45, 7) is 7.41. The highest BCUT2D eigenvalue weighted by atomic mass is 32.1. The van der Waals surface area contributed by atoms with Gasteiger partial charge in [0.25, 0.3) is 0 Å². The molecule has 1 amide bonds. The van der Waals surface area contributed by atoms with Crippen molar-refractivity contribution in [2.45, 2.75) is 52.1 Å². The van der Waals surface area contributed by atoms with Crippen LogP contribution in [0.5, 0.6) is 0 Å². The second-order valence-corrected chi connectivity index (χ2v) is 10.7. The summed E-state index contributed by atoms with van der Waals surface area (Å²) in [5.41, 5.74) is 2.01. The fraction of sp³-hybridized carbons (Fsp3) is 0.625. The third-order valence-corrected chi connectivity index (χ3v) is 8.48. The summed E-state index contributed by atoms with van der Waals surface area (Å²) in [5, 5.41) is 18.7. The number of aromatic nitrogens is 2. The summed E-state index contributed by atoms with van der Waals surface area (Å²) in [6.07, 6.45) is 5.79. The van der Waals surface area contributed by atoms with Gasteiger partial charge < -0.3 is 20.5 Å². The summed E-state index contributed by atoms with van der Waals surface area (Å²) < 4.78 is 5.03. The number of aliphatic hydroxyl groups is 1. The second kappa shape index (κ2) is 9.45. The molecule has 2 aromatic rings. The minimum Gasteiger partial charge on any atom is -0.392 e. The number of ether oxygens (including phenoxy) is 1. The Hall–Kier alpha value is -2.03. The van der Waals surface area contributed by atoms with Crippen LogP contribution in [-0.2, 0) is 16.0 Å². The Morgan fingerprint density at radius 2 is 2.28 bits per heavy atom. The number of pyridine rings is 1. The van der Waals surface area contributed by atoms with E-state index in [0.29, 0.717) is 13.2 Å². The van der Waals surface area contributed by atoms with Crippen molar-refractivity contribution in [1.82, 2.24) is 15.3 Å². The highest BCUT2D eigenvalue weighted by Gasteiger charge is 2.53. The van der Waals surface area contributed by atoms with E-state index in [2.05, 4.69) is 29.5 Å². The number of hydrogen-bond acceptors (Lipinski definition) is 7. The molecule has 32 heavy (non-hydrogen) atoms. The fourth-order valence-corrected chi connectivity index (χ4v) is 7.08. The lowest BCUT2D eigenvalue weighted by atomic mass is 9.53. The fourth-order valence-electron chi connectivity index (χ4n) is 5.79. The van der Waals surface area contributed by atoms with Gasteiger partial charge >= 0.3 is 0 Å². The maximum absolute atomic E-state index is 12.7. The van der Waals surface area contributed by atoms with Crippen molar-refractivity contribution in [3.05, 3.63) is 35.1 Å². The van der Waals surface area contributed by atoms with Crippen molar-refractivity contribution in [2.24, 2.45) is 23.2 Å². The molecule has 0 bridgehead atoms. The topological polar surface area (TPSA) is 96.4 Å². The number of carbonyl (C=O) groups excluding carboxylic acids is 1. The van der Waals surface area contributed by atoms with E-state index in [1.54, 1.807) is 30.8 Å². The minimum absolute atomic E-state index is 0.00419. The van der Waals surface area contributed by atoms with Crippen LogP contribution in [0.1, 0.15) is 50.1 Å². The molecule has 2 heterocycles. The minimum atomic E-state index is -0.531. The van der Waals surface area contributed by atoms with Crippen molar-refractivity contribution in [2.75, 3.05) is 25.6 Å². The summed E-state index contributed by atoms with van der Waals surface area (Å²) in [5.74, 6) is -0.0812. The maximum atomic E-state index is 12.7. The molecule has 6 atom stereocenters. The van der Waals surface area contributed by atoms with Crippen molar-refractivity contribution in [1.29, 1.82) is 0 Å². The lowest BCUT2D eigenvalue weighted by molar-refractivity contribution is -0.135. The quantitative estimate of drug-likeness (QED) is 0.547. The Morgan fingerprint density at radius 1 is 1.47 bits per heavy atom. The van der Waals surface area contributed by atoms with Crippen LogP contribution in [0.3, 0.4) is 0 Å². The third kappa shape index (κ3) is 4.40. The van der Waals surface area contributed by atoms with Gasteiger partial charge in [0.05, 0.1) is 30.3 Å². The standard InChI is InChI=1S/C24H34N4O3S/c1-14(22(30)26-10-11-31-4)17-7-8-24(3)12-18-20(15(2)19(24)21(17)29)28-23(32-18)27-16-6-5-9-25-13-16/h5-6,9,13-15,17,19,21,29H,7-8,10-12H2,1-4H3,(H,26,30)(H,27,28). The first-order chi connectivity index (χ1) is 15.3. The molecular weight excluding hydrogens is 424 g/mol. The van der Waals surface area contributed by atoms with E-state index in [9.17, 15) is 9.90 Å². The summed E-state index contributed by atoms with van der Waals surface area (Å²) in [7, 11) is 1.62. The van der Waals surface area contributed by atoms with Gasteiger partial charge in [0.15, 0.2) is 5.13 Å². The zero-order chi connectivity index (χ0) is 22.9. The average molecular weight is 459 g/mol. The van der Waals surface area contributed by atoms with Crippen LogP contribution in [0.4, 0.5) is 10.8 Å². The number of amides is 1. The van der Waals surface area contributed by atoms with Crippen LogP contribution in [-0.4, -0.2) is 47.3 Å². The Balaban J connectivity index is 1.52. The van der Waals surface area contributed by atoms with Crippen molar-refractivity contribution >= 4 is 28.1 Å². The Bertz CT molecular complexity index is 937. The summed E-state index contributed by atoms with van der Waals surface area (Å²) in [6, 6.07) is 3.88. The van der Waals surface area contributed by atoms with Gasteiger partial charge in [0.1, 0.15) is 0 Å². The molecule has 0 radical (unpaired) electrons. The number of nitrogens with one attached hydrogen (secondary N) is 2. The highest BCUT2D eigenvalue weighted by Crippen LogP contribution is 2.57. The van der Waals surface area contributed by atoms with Crippen LogP contribution in [0.25, 0.3) is 0 Å². The van der Waals surface area contributed by atoms with E-state index in [-0.39, 0.29) is 35.0 Å². The molecule has 0 saturated heterocycles. The highest BCUT2D eigenvalue weighted by molar-refractivity contribution is 7.15. The smallest absolute Gasteiger partial charge is 0.223 e. The van der Waals surface area contributed by atoms with Crippen LogP contribution < -0.4 is 10.6 Å². The molecule has 0 aromatic carbocycles. The Labute approximate surface area is 194 Å². The van der Waals surface area contributed by atoms with E-state index in [1.807, 2.05) is 19.1 Å². The third-order valence-electron chi connectivity index (χ3n) is 7.50. The molecule has 6 unspecified atom stereocenters. The number of thiazole rings is 1. The molecular formula is C24H34N4O3S. The Kier molecular flexibility index (Phi) is 6.83. The molecule has 1 fully saturated rings. The van der Waals surface area contributed by atoms with Crippen LogP contribution >= 0.6 is 11.3 Å². The first-order valence-corrected chi connectivity index (χ1v) is 12.3. The number of anilines is 2. The van der Waals surface area contributed by atoms with Gasteiger partial charge in [0, 0.05) is 36.6 Å². The maximum Gasteiger partial charge on any atom is 0.223 e. The first-order valence-electron chi connectivity index (χ1n) is 11.5. The molecule has 7 nitrogen and oxygen atoms in total. The number of carbonyl (C=O) groups is 1. The van der Waals surface area contributed by atoms with Gasteiger partial charge in [-0.2, -0.15) is 0 Å². The van der Waals surface area contributed by atoms with Crippen LogP contribution in [0, 0.1) is 23.2 Å². The predicted molar refractivity (Wildman–Crippen MR) is 126 cm³/mol. The molecule has 2 aliphatic rings. The molecule has 2 aliphatic carbocycles. The van der Waals surface area contributed by atoms with Gasteiger partial charge in [0.2, 0.25) is 5.91 Å². The van der Waals surface area contributed by atoms with Gasteiger partial charge in [-0.3, -0.25) is 9.78 Å². The van der Waals surface area contributed by atoms with Gasteiger partial charge in [-0.15, -0.1) is 11.3 Å². The van der Waals surface area contributed by atoms with Gasteiger partial charge in [-0.1, -0.05) is 20.8 Å². The van der Waals surface area contributed by atoms with Crippen LogP contribution in [0.15, 0.2) is 24.5 Å². The Morgan fingerprint density at radius 3 is 3.00 bits per heavy atom. The predicted octanol–water partition coefficient (Wildman–Crippen LogP) is 3.73. The molecule has 0 aliphatic heterocycles. The number of nitrogens with zero attached hydrogens (tertiary/aromatic N) is 2. The van der Waals surface area contributed by atoms with E-state index in [4.69, 9.17) is 9.72 Å². The molecule has 0 spiro atoms. The van der Waals surface area contributed by atoms with Gasteiger partial charge in [-0.25, -0.2) is 4.98 Å². The first kappa shape index (κ1) is 23.1. The molecule has 2 aromatic heterocycles. The van der Waals surface area contributed by atoms with Crippen LogP contribution in [0.2, 0.25) is 0 Å². The number of methoxy groups -OCH3 is 1. The molecule has 174 valence electrons. The number of rotatable bonds is 7. The molecule has 8 heteroatoms. The normalized spacial score (nSPS) is 30.2. The van der Waals surface area contributed by atoms with E-state index in [0.717, 1.165) is 35.8 Å². The lowest BCUT2D eigenvalue weighted by Crippen LogP contribution is -2.53. The van der Waals surface area contributed by atoms with E-state index >= 15 is 0 Å².